The van der Waals surface area contributed by atoms with E-state index in [4.69, 9.17) is 4.52 Å². The van der Waals surface area contributed by atoms with Crippen LogP contribution in [0.5, 0.6) is 0 Å². The first-order valence-electron chi connectivity index (χ1n) is 8.93. The molecule has 2 heterocycles. The lowest BCUT2D eigenvalue weighted by molar-refractivity contribution is 0.0847. The van der Waals surface area contributed by atoms with Gasteiger partial charge in [0, 0.05) is 31.0 Å². The molecule has 0 bridgehead atoms. The Labute approximate surface area is 162 Å². The zero-order valence-corrected chi connectivity index (χ0v) is 16.5. The molecule has 1 aromatic carbocycles. The van der Waals surface area contributed by atoms with Gasteiger partial charge >= 0.3 is 0 Å². The zero-order valence-electron chi connectivity index (χ0n) is 16.5. The summed E-state index contributed by atoms with van der Waals surface area (Å²) in [6, 6.07) is 8.80. The number of carbonyl (C=O) groups is 2. The second-order valence-electron chi connectivity index (χ2n) is 7.05. The first kappa shape index (κ1) is 19.3. The van der Waals surface area contributed by atoms with Crippen molar-refractivity contribution in [2.24, 2.45) is 0 Å². The van der Waals surface area contributed by atoms with Crippen LogP contribution in [0.4, 0.5) is 5.69 Å². The van der Waals surface area contributed by atoms with Crippen molar-refractivity contribution in [3.63, 3.8) is 0 Å². The van der Waals surface area contributed by atoms with Crippen LogP contribution in [0.25, 0.3) is 11.1 Å². The predicted octanol–water partition coefficient (Wildman–Crippen LogP) is 2.80. The minimum Gasteiger partial charge on any atom is -0.378 e. The summed E-state index contributed by atoms with van der Waals surface area (Å²) >= 11 is 0. The van der Waals surface area contributed by atoms with Gasteiger partial charge in [0.25, 0.3) is 17.5 Å². The molecule has 0 fully saturated rings. The topological polar surface area (TPSA) is 100 Å². The first-order valence-corrected chi connectivity index (χ1v) is 8.93. The highest BCUT2D eigenvalue weighted by Crippen LogP contribution is 2.25. The predicted molar refractivity (Wildman–Crippen MR) is 106 cm³/mol. The van der Waals surface area contributed by atoms with Crippen molar-refractivity contribution in [1.29, 1.82) is 0 Å². The van der Waals surface area contributed by atoms with Crippen LogP contribution in [0.3, 0.4) is 0 Å². The molecule has 0 aliphatic rings. The van der Waals surface area contributed by atoms with Gasteiger partial charge in [-0.2, -0.15) is 0 Å². The molecule has 0 saturated heterocycles. The van der Waals surface area contributed by atoms with E-state index in [0.717, 1.165) is 5.69 Å². The summed E-state index contributed by atoms with van der Waals surface area (Å²) in [6.45, 7) is 5.68. The number of pyridine rings is 1. The maximum absolute atomic E-state index is 12.8. The van der Waals surface area contributed by atoms with Crippen molar-refractivity contribution < 1.29 is 14.1 Å². The van der Waals surface area contributed by atoms with Crippen molar-refractivity contribution in [3.8, 4) is 0 Å². The fraction of sp³-hybridized carbons (Fsp3) is 0.300. The van der Waals surface area contributed by atoms with Crippen LogP contribution in [0.1, 0.15) is 51.9 Å². The molecular formula is C20H23N5O3. The van der Waals surface area contributed by atoms with E-state index in [1.165, 1.54) is 0 Å². The van der Waals surface area contributed by atoms with Crippen molar-refractivity contribution in [1.82, 2.24) is 21.0 Å². The number of nitrogens with one attached hydrogen (secondary N) is 2. The summed E-state index contributed by atoms with van der Waals surface area (Å²) < 4.78 is 5.23. The molecule has 2 N–H and O–H groups in total. The van der Waals surface area contributed by atoms with Crippen LogP contribution in [-0.2, 0) is 0 Å². The van der Waals surface area contributed by atoms with Gasteiger partial charge in [-0.1, -0.05) is 25.1 Å². The van der Waals surface area contributed by atoms with E-state index in [9.17, 15) is 9.59 Å². The number of hydrazine groups is 1. The number of nitrogens with zero attached hydrogens (tertiary/aromatic N) is 3. The number of carbonyl (C=O) groups excluding carboxylic acids is 2. The lowest BCUT2D eigenvalue weighted by Gasteiger charge is -2.14. The molecule has 0 atom stereocenters. The van der Waals surface area contributed by atoms with E-state index in [1.54, 1.807) is 31.2 Å². The van der Waals surface area contributed by atoms with Crippen LogP contribution < -0.4 is 15.8 Å². The second-order valence-corrected chi connectivity index (χ2v) is 7.05. The van der Waals surface area contributed by atoms with Gasteiger partial charge in [-0.15, -0.1) is 0 Å². The average Bonchev–Trinajstić information content (AvgIpc) is 3.06. The smallest absolute Gasteiger partial charge is 0.270 e. The number of amides is 2. The third-order valence-electron chi connectivity index (χ3n) is 4.39. The highest BCUT2D eigenvalue weighted by atomic mass is 16.5. The van der Waals surface area contributed by atoms with Gasteiger partial charge in [0.05, 0.1) is 16.6 Å². The van der Waals surface area contributed by atoms with E-state index in [0.29, 0.717) is 33.6 Å². The molecule has 0 radical (unpaired) electrons. The fourth-order valence-corrected chi connectivity index (χ4v) is 2.77. The van der Waals surface area contributed by atoms with E-state index in [-0.39, 0.29) is 5.92 Å². The van der Waals surface area contributed by atoms with Crippen molar-refractivity contribution in [2.75, 3.05) is 19.0 Å². The number of hydrogen-bond donors (Lipinski definition) is 2. The zero-order chi connectivity index (χ0) is 20.4. The van der Waals surface area contributed by atoms with Crippen molar-refractivity contribution in [3.05, 3.63) is 52.8 Å². The molecule has 0 aliphatic carbocycles. The van der Waals surface area contributed by atoms with E-state index in [1.807, 2.05) is 38.9 Å². The van der Waals surface area contributed by atoms with Crippen molar-refractivity contribution in [2.45, 2.75) is 26.7 Å². The molecule has 0 aliphatic heterocycles. The molecule has 28 heavy (non-hydrogen) atoms. The molecule has 0 saturated carbocycles. The highest BCUT2D eigenvalue weighted by Gasteiger charge is 2.20. The average molecular weight is 381 g/mol. The largest absolute Gasteiger partial charge is 0.378 e. The van der Waals surface area contributed by atoms with E-state index >= 15 is 0 Å². The number of aryl methyl sites for hydroxylation is 1. The number of fused-ring (bicyclic) bond motifs is 1. The van der Waals surface area contributed by atoms with E-state index < -0.39 is 11.8 Å². The summed E-state index contributed by atoms with van der Waals surface area (Å²) in [5.41, 5.74) is 8.19. The number of anilines is 1. The number of aromatic nitrogens is 2. The Kier molecular flexibility index (Phi) is 5.30. The van der Waals surface area contributed by atoms with Gasteiger partial charge in [-0.05, 0) is 37.1 Å². The maximum Gasteiger partial charge on any atom is 0.270 e. The molecule has 146 valence electrons. The Bertz CT molecular complexity index is 1040. The lowest BCUT2D eigenvalue weighted by Crippen LogP contribution is -2.41. The third kappa shape index (κ3) is 3.80. The summed E-state index contributed by atoms with van der Waals surface area (Å²) in [5.74, 6) is -0.768. The summed E-state index contributed by atoms with van der Waals surface area (Å²) in [7, 11) is 3.78. The molecule has 3 rings (SSSR count). The first-order chi connectivity index (χ1) is 13.3. The molecule has 0 unspecified atom stereocenters. The molecule has 2 aromatic heterocycles. The standard InChI is InChI=1S/C20H23N5O3/c1-11(2)16-10-15(17-12(3)24-28-20(17)21-16)19(27)23-22-18(26)13-7-6-8-14(9-13)25(4)5/h6-11H,1-5H3,(H,22,26)(H,23,27). The van der Waals surface area contributed by atoms with Gasteiger partial charge in [-0.3, -0.25) is 20.4 Å². The number of hydrogen-bond acceptors (Lipinski definition) is 6. The normalized spacial score (nSPS) is 10.9. The summed E-state index contributed by atoms with van der Waals surface area (Å²) in [4.78, 5) is 31.5. The van der Waals surface area contributed by atoms with Gasteiger partial charge in [0.15, 0.2) is 0 Å². The van der Waals surface area contributed by atoms with Crippen LogP contribution in [0, 0.1) is 6.92 Å². The molecule has 8 heteroatoms. The van der Waals surface area contributed by atoms with Gasteiger partial charge in [0.1, 0.15) is 0 Å². The van der Waals surface area contributed by atoms with Gasteiger partial charge in [-0.25, -0.2) is 4.98 Å². The molecule has 2 amide bonds. The molecule has 0 spiro atoms. The summed E-state index contributed by atoms with van der Waals surface area (Å²) in [6.07, 6.45) is 0. The van der Waals surface area contributed by atoms with Crippen LogP contribution >= 0.6 is 0 Å². The van der Waals surface area contributed by atoms with Crippen LogP contribution in [0.15, 0.2) is 34.9 Å². The second kappa shape index (κ2) is 7.67. The SMILES string of the molecule is Cc1noc2nc(C(C)C)cc(C(=O)NNC(=O)c3cccc(N(C)C)c3)c12. The lowest BCUT2D eigenvalue weighted by atomic mass is 10.0. The highest BCUT2D eigenvalue weighted by molar-refractivity contribution is 6.07. The Morgan fingerprint density at radius 2 is 1.82 bits per heavy atom. The Morgan fingerprint density at radius 1 is 1.11 bits per heavy atom. The van der Waals surface area contributed by atoms with Crippen LogP contribution in [-0.4, -0.2) is 36.1 Å². The molecular weight excluding hydrogens is 358 g/mol. The molecule has 3 aromatic rings. The minimum atomic E-state index is -0.460. The minimum absolute atomic E-state index is 0.102. The molecule has 8 nitrogen and oxygen atoms in total. The van der Waals surface area contributed by atoms with Gasteiger partial charge < -0.3 is 9.42 Å². The van der Waals surface area contributed by atoms with E-state index in [2.05, 4.69) is 21.0 Å². The fourth-order valence-electron chi connectivity index (χ4n) is 2.77. The van der Waals surface area contributed by atoms with Gasteiger partial charge in [0.2, 0.25) is 0 Å². The Hall–Kier alpha value is -3.42. The summed E-state index contributed by atoms with van der Waals surface area (Å²) in [5, 5.41) is 4.43. The Balaban J connectivity index is 1.82. The quantitative estimate of drug-likeness (QED) is 0.674. The van der Waals surface area contributed by atoms with Crippen LogP contribution in [0.2, 0.25) is 0 Å². The van der Waals surface area contributed by atoms with Crippen molar-refractivity contribution >= 4 is 28.6 Å². The monoisotopic (exact) mass is 381 g/mol. The Morgan fingerprint density at radius 3 is 2.50 bits per heavy atom. The number of rotatable bonds is 4. The third-order valence-corrected chi connectivity index (χ3v) is 4.39. The number of benzene rings is 1. The maximum atomic E-state index is 12.8.